The van der Waals surface area contributed by atoms with Gasteiger partial charge in [0.25, 0.3) is 0 Å². The third-order valence-electron chi connectivity index (χ3n) is 8.50. The molecule has 33 heavy (non-hydrogen) atoms. The van der Waals surface area contributed by atoms with E-state index < -0.39 is 5.60 Å². The summed E-state index contributed by atoms with van der Waals surface area (Å²) < 4.78 is 0. The summed E-state index contributed by atoms with van der Waals surface area (Å²) in [6.45, 7) is 9.19. The summed E-state index contributed by atoms with van der Waals surface area (Å²) in [6.07, 6.45) is 6.93. The second-order valence-electron chi connectivity index (χ2n) is 10.3. The molecule has 1 unspecified atom stereocenters. The van der Waals surface area contributed by atoms with Gasteiger partial charge in [-0.2, -0.15) is 0 Å². The molecule has 6 nitrogen and oxygen atoms in total. The molecule has 0 bridgehead atoms. The molecule has 2 amide bonds. The van der Waals surface area contributed by atoms with Crippen molar-refractivity contribution in [3.05, 3.63) is 41.6 Å². The highest BCUT2D eigenvalue weighted by Crippen LogP contribution is 2.74. The zero-order chi connectivity index (χ0) is 23.4. The van der Waals surface area contributed by atoms with E-state index in [1.54, 1.807) is 6.20 Å². The van der Waals surface area contributed by atoms with Crippen molar-refractivity contribution in [2.75, 3.05) is 19.6 Å². The number of likely N-dealkylation sites (tertiary alicyclic amines) is 1. The largest absolute Gasteiger partial charge is 0.384 e. The van der Waals surface area contributed by atoms with E-state index in [1.165, 1.54) is 0 Å². The number of carbonyl (C=O) groups excluding carboxylic acids is 2. The van der Waals surface area contributed by atoms with Gasteiger partial charge in [0.1, 0.15) is 5.60 Å². The number of piperidine rings is 2. The van der Waals surface area contributed by atoms with Crippen LogP contribution in [0.2, 0.25) is 0 Å². The molecule has 176 valence electrons. The van der Waals surface area contributed by atoms with Gasteiger partial charge in [-0.1, -0.05) is 26.8 Å². The summed E-state index contributed by atoms with van der Waals surface area (Å²) in [5.41, 5.74) is 1.83. The van der Waals surface area contributed by atoms with E-state index in [1.807, 2.05) is 26.0 Å². The number of aromatic nitrogens is 1. The molecule has 1 aromatic heterocycles. The molecule has 2 aliphatic carbocycles. The zero-order valence-electron chi connectivity index (χ0n) is 20.0. The molecule has 1 aromatic carbocycles. The lowest BCUT2D eigenvalue weighted by Gasteiger charge is -2.52. The number of hydrogen-bond acceptors (Lipinski definition) is 5. The molecule has 6 heteroatoms. The fraction of sp³-hybridized carbons (Fsp3) is 0.593. The van der Waals surface area contributed by atoms with Crippen LogP contribution in [0.15, 0.2) is 30.5 Å². The Labute approximate surface area is 195 Å². The van der Waals surface area contributed by atoms with E-state index in [9.17, 15) is 14.7 Å². The number of aliphatic hydroxyl groups is 1. The Hall–Kier alpha value is -2.31. The first-order chi connectivity index (χ1) is 15.9. The Morgan fingerprint density at radius 2 is 1.76 bits per heavy atom. The lowest BCUT2D eigenvalue weighted by Crippen LogP contribution is -2.59. The minimum Gasteiger partial charge on any atom is -0.384 e. The molecule has 2 saturated heterocycles. The van der Waals surface area contributed by atoms with Crippen molar-refractivity contribution in [1.82, 2.24) is 15.2 Å². The van der Waals surface area contributed by atoms with Crippen molar-refractivity contribution in [2.45, 2.75) is 70.8 Å². The molecular formula is C27H35N3O3. The topological polar surface area (TPSA) is 82.5 Å². The van der Waals surface area contributed by atoms with Crippen LogP contribution in [0.3, 0.4) is 0 Å². The first kappa shape index (κ1) is 22.5. The lowest BCUT2D eigenvalue weighted by molar-refractivity contribution is -0.151. The number of carbonyl (C=O) groups is 2. The van der Waals surface area contributed by atoms with E-state index in [0.717, 1.165) is 67.3 Å². The highest BCUT2D eigenvalue weighted by molar-refractivity contribution is 6.01. The quantitative estimate of drug-likeness (QED) is 0.696. The Kier molecular flexibility index (Phi) is 5.37. The van der Waals surface area contributed by atoms with Gasteiger partial charge in [-0.05, 0) is 68.0 Å². The molecule has 4 fully saturated rings. The number of nitrogens with one attached hydrogen (secondary N) is 1. The van der Waals surface area contributed by atoms with Crippen LogP contribution in [-0.4, -0.2) is 46.4 Å². The van der Waals surface area contributed by atoms with E-state index in [4.69, 9.17) is 0 Å². The number of rotatable bonds is 3. The molecule has 2 aromatic rings. The SMILES string of the molecule is CC.CCN1CC2(CC2)C(O)(c2ccc3ncc(C4CCC(=O)NC4=O)cc3c2)C2(CC2)C1. The number of amides is 2. The van der Waals surface area contributed by atoms with E-state index in [2.05, 4.69) is 34.3 Å². The molecular weight excluding hydrogens is 414 g/mol. The van der Waals surface area contributed by atoms with Crippen molar-refractivity contribution in [3.8, 4) is 0 Å². The molecule has 2 aliphatic heterocycles. The van der Waals surface area contributed by atoms with Gasteiger partial charge >= 0.3 is 0 Å². The summed E-state index contributed by atoms with van der Waals surface area (Å²) in [7, 11) is 0. The van der Waals surface area contributed by atoms with Crippen LogP contribution in [0.25, 0.3) is 10.9 Å². The third kappa shape index (κ3) is 3.33. The van der Waals surface area contributed by atoms with E-state index in [0.29, 0.717) is 12.8 Å². The van der Waals surface area contributed by atoms with Crippen molar-refractivity contribution < 1.29 is 14.7 Å². The molecule has 2 saturated carbocycles. The maximum atomic E-state index is 12.3. The van der Waals surface area contributed by atoms with Gasteiger partial charge in [0.05, 0.1) is 11.4 Å². The fourth-order valence-corrected chi connectivity index (χ4v) is 6.46. The van der Waals surface area contributed by atoms with Crippen molar-refractivity contribution in [1.29, 1.82) is 0 Å². The minimum atomic E-state index is -0.801. The maximum Gasteiger partial charge on any atom is 0.234 e. The molecule has 2 N–H and O–H groups in total. The normalized spacial score (nSPS) is 26.6. The van der Waals surface area contributed by atoms with Gasteiger partial charge in [0.15, 0.2) is 0 Å². The van der Waals surface area contributed by atoms with Crippen LogP contribution in [0.4, 0.5) is 0 Å². The molecule has 0 radical (unpaired) electrons. The van der Waals surface area contributed by atoms with Gasteiger partial charge in [-0.25, -0.2) is 0 Å². The van der Waals surface area contributed by atoms with Crippen LogP contribution >= 0.6 is 0 Å². The number of hydrogen-bond donors (Lipinski definition) is 2. The predicted octanol–water partition coefficient (Wildman–Crippen LogP) is 3.86. The Balaban J connectivity index is 0.00000111. The first-order valence-electron chi connectivity index (χ1n) is 12.6. The van der Waals surface area contributed by atoms with Gasteiger partial charge in [-0.3, -0.25) is 19.9 Å². The summed E-state index contributed by atoms with van der Waals surface area (Å²) in [5, 5.41) is 15.7. The second-order valence-corrected chi connectivity index (χ2v) is 10.3. The number of imide groups is 1. The maximum absolute atomic E-state index is 12.3. The highest BCUT2D eigenvalue weighted by Gasteiger charge is 2.74. The summed E-state index contributed by atoms with van der Waals surface area (Å²) in [5.74, 6) is -0.797. The molecule has 1 atom stereocenters. The third-order valence-corrected chi connectivity index (χ3v) is 8.50. The average Bonchev–Trinajstić information content (AvgIpc) is 3.76. The Bertz CT molecular complexity index is 1080. The van der Waals surface area contributed by atoms with E-state index in [-0.39, 0.29) is 28.6 Å². The summed E-state index contributed by atoms with van der Waals surface area (Å²) >= 11 is 0. The van der Waals surface area contributed by atoms with Crippen LogP contribution < -0.4 is 5.32 Å². The van der Waals surface area contributed by atoms with Gasteiger partial charge < -0.3 is 10.0 Å². The standard InChI is InChI=1S/C25H29N3O3.C2H6/c1-2-28-14-23(7-8-23)25(31,24(15-28)9-10-24)18-3-5-20-16(12-18)11-17(13-26-20)19-4-6-21(29)27-22(19)30;1-2/h3,5,11-13,19,31H,2,4,6-10,14-15H2,1H3,(H,27,29,30);1-2H3. The number of nitrogens with zero attached hydrogens (tertiary/aromatic N) is 2. The molecule has 2 spiro atoms. The smallest absolute Gasteiger partial charge is 0.234 e. The first-order valence-corrected chi connectivity index (χ1v) is 12.6. The Morgan fingerprint density at radius 3 is 2.33 bits per heavy atom. The van der Waals surface area contributed by atoms with Crippen LogP contribution in [0.1, 0.15) is 76.3 Å². The number of benzene rings is 1. The second kappa shape index (κ2) is 7.88. The van der Waals surface area contributed by atoms with Gasteiger partial charge in [0, 0.05) is 41.9 Å². The van der Waals surface area contributed by atoms with Crippen molar-refractivity contribution >= 4 is 22.7 Å². The fourth-order valence-electron chi connectivity index (χ4n) is 6.46. The monoisotopic (exact) mass is 449 g/mol. The van der Waals surface area contributed by atoms with Crippen molar-refractivity contribution in [2.24, 2.45) is 10.8 Å². The molecule has 4 aliphatic rings. The highest BCUT2D eigenvalue weighted by atomic mass is 16.3. The lowest BCUT2D eigenvalue weighted by atomic mass is 9.64. The Morgan fingerprint density at radius 1 is 1.09 bits per heavy atom. The van der Waals surface area contributed by atoms with E-state index >= 15 is 0 Å². The van der Waals surface area contributed by atoms with Crippen LogP contribution in [0, 0.1) is 10.8 Å². The molecule has 3 heterocycles. The summed E-state index contributed by atoms with van der Waals surface area (Å²) in [6, 6.07) is 8.22. The number of pyridine rings is 1. The predicted molar refractivity (Wildman–Crippen MR) is 128 cm³/mol. The zero-order valence-corrected chi connectivity index (χ0v) is 20.0. The van der Waals surface area contributed by atoms with Crippen LogP contribution in [0.5, 0.6) is 0 Å². The minimum absolute atomic E-state index is 0.0416. The summed E-state index contributed by atoms with van der Waals surface area (Å²) in [4.78, 5) is 31.0. The number of fused-ring (bicyclic) bond motifs is 1. The van der Waals surface area contributed by atoms with Crippen molar-refractivity contribution in [3.63, 3.8) is 0 Å². The van der Waals surface area contributed by atoms with Crippen LogP contribution in [-0.2, 0) is 15.2 Å². The van der Waals surface area contributed by atoms with Gasteiger partial charge in [0.2, 0.25) is 11.8 Å². The molecule has 6 rings (SSSR count). The average molecular weight is 450 g/mol. The van der Waals surface area contributed by atoms with Gasteiger partial charge in [-0.15, -0.1) is 0 Å².